The van der Waals surface area contributed by atoms with Crippen LogP contribution in [0.5, 0.6) is 0 Å². The lowest BCUT2D eigenvalue weighted by Gasteiger charge is -2.12. The SMILES string of the molecule is O=C(CNC(=O)C1CC(O)CN1)Nc1cc(Cl)ccc1Cl. The molecule has 21 heavy (non-hydrogen) atoms. The molecule has 2 amide bonds. The second-order valence-corrected chi connectivity index (χ2v) is 5.58. The molecule has 0 aromatic heterocycles. The minimum Gasteiger partial charge on any atom is -0.392 e. The third-order valence-electron chi connectivity index (χ3n) is 3.05. The molecule has 6 nitrogen and oxygen atoms in total. The van der Waals surface area contributed by atoms with Gasteiger partial charge in [0.15, 0.2) is 0 Å². The molecule has 1 heterocycles. The summed E-state index contributed by atoms with van der Waals surface area (Å²) in [7, 11) is 0. The van der Waals surface area contributed by atoms with Crippen molar-refractivity contribution < 1.29 is 14.7 Å². The highest BCUT2D eigenvalue weighted by Gasteiger charge is 2.27. The summed E-state index contributed by atoms with van der Waals surface area (Å²) in [6, 6.07) is 4.24. The van der Waals surface area contributed by atoms with E-state index in [9.17, 15) is 14.7 Å². The Morgan fingerprint density at radius 2 is 2.14 bits per heavy atom. The van der Waals surface area contributed by atoms with Gasteiger partial charge in [-0.1, -0.05) is 23.2 Å². The molecule has 1 aliphatic rings. The average molecular weight is 332 g/mol. The van der Waals surface area contributed by atoms with Crippen LogP contribution in [-0.4, -0.2) is 42.2 Å². The number of benzene rings is 1. The number of halogens is 2. The first-order valence-corrected chi connectivity index (χ1v) is 7.15. The number of aliphatic hydroxyl groups is 1. The van der Waals surface area contributed by atoms with E-state index in [0.29, 0.717) is 28.7 Å². The van der Waals surface area contributed by atoms with Crippen molar-refractivity contribution in [3.63, 3.8) is 0 Å². The molecule has 114 valence electrons. The van der Waals surface area contributed by atoms with Gasteiger partial charge in [-0.05, 0) is 24.6 Å². The highest BCUT2D eigenvalue weighted by molar-refractivity contribution is 6.35. The lowest BCUT2D eigenvalue weighted by atomic mass is 10.2. The molecule has 2 atom stereocenters. The molecule has 0 aliphatic carbocycles. The summed E-state index contributed by atoms with van der Waals surface area (Å²) in [5.41, 5.74) is 0.387. The Labute approximate surface area is 131 Å². The van der Waals surface area contributed by atoms with Gasteiger partial charge in [0, 0.05) is 11.6 Å². The van der Waals surface area contributed by atoms with E-state index < -0.39 is 18.1 Å². The van der Waals surface area contributed by atoms with E-state index in [0.717, 1.165) is 0 Å². The zero-order chi connectivity index (χ0) is 15.4. The molecule has 1 aromatic rings. The fourth-order valence-electron chi connectivity index (χ4n) is 2.00. The minimum atomic E-state index is -0.528. The lowest BCUT2D eigenvalue weighted by molar-refractivity contribution is -0.125. The van der Waals surface area contributed by atoms with Gasteiger partial charge in [0.1, 0.15) is 0 Å². The highest BCUT2D eigenvalue weighted by Crippen LogP contribution is 2.25. The van der Waals surface area contributed by atoms with Gasteiger partial charge in [-0.15, -0.1) is 0 Å². The fraction of sp³-hybridized carbons (Fsp3) is 0.385. The predicted octanol–water partition coefficient (Wildman–Crippen LogP) is 0.771. The Morgan fingerprint density at radius 3 is 2.81 bits per heavy atom. The van der Waals surface area contributed by atoms with Crippen LogP contribution in [0.25, 0.3) is 0 Å². The number of hydrogen-bond donors (Lipinski definition) is 4. The van der Waals surface area contributed by atoms with Crippen LogP contribution in [0.1, 0.15) is 6.42 Å². The van der Waals surface area contributed by atoms with E-state index in [1.807, 2.05) is 0 Å². The van der Waals surface area contributed by atoms with E-state index >= 15 is 0 Å². The Bertz CT molecular complexity index is 553. The van der Waals surface area contributed by atoms with E-state index in [1.165, 1.54) is 6.07 Å². The Hall–Kier alpha value is -1.34. The third-order valence-corrected chi connectivity index (χ3v) is 3.61. The predicted molar refractivity (Wildman–Crippen MR) is 80.5 cm³/mol. The molecule has 1 aromatic carbocycles. The van der Waals surface area contributed by atoms with E-state index in [-0.39, 0.29) is 12.5 Å². The quantitative estimate of drug-likeness (QED) is 0.656. The number of rotatable bonds is 4. The van der Waals surface area contributed by atoms with Crippen LogP contribution in [0.3, 0.4) is 0 Å². The zero-order valence-corrected chi connectivity index (χ0v) is 12.5. The van der Waals surface area contributed by atoms with Crippen molar-refractivity contribution in [2.75, 3.05) is 18.4 Å². The second-order valence-electron chi connectivity index (χ2n) is 4.74. The first-order valence-electron chi connectivity index (χ1n) is 6.40. The fourth-order valence-corrected chi connectivity index (χ4v) is 2.33. The molecule has 8 heteroatoms. The van der Waals surface area contributed by atoms with Crippen molar-refractivity contribution in [1.82, 2.24) is 10.6 Å². The Kier molecular flexibility index (Phi) is 5.41. The maximum absolute atomic E-state index is 11.8. The standard InChI is InChI=1S/C13H15Cl2N3O3/c14-7-1-2-9(15)10(3-7)18-12(20)6-17-13(21)11-4-8(19)5-16-11/h1-3,8,11,16,19H,4-6H2,(H,17,21)(H,18,20). The van der Waals surface area contributed by atoms with Crippen molar-refractivity contribution in [1.29, 1.82) is 0 Å². The van der Waals surface area contributed by atoms with Crippen molar-refractivity contribution in [3.05, 3.63) is 28.2 Å². The number of anilines is 1. The van der Waals surface area contributed by atoms with Gasteiger partial charge < -0.3 is 21.1 Å². The Balaban J connectivity index is 1.82. The maximum atomic E-state index is 11.8. The smallest absolute Gasteiger partial charge is 0.243 e. The first kappa shape index (κ1) is 16.0. The largest absolute Gasteiger partial charge is 0.392 e. The molecule has 0 radical (unpaired) electrons. The lowest BCUT2D eigenvalue weighted by Crippen LogP contribution is -2.43. The first-order chi connectivity index (χ1) is 9.95. The molecule has 0 spiro atoms. The number of carbonyl (C=O) groups is 2. The molecule has 1 fully saturated rings. The number of β-amino-alcohol motifs (C(OH)–C–C–N with tert-alkyl or cyclic N) is 1. The summed E-state index contributed by atoms with van der Waals surface area (Å²) in [4.78, 5) is 23.5. The zero-order valence-electron chi connectivity index (χ0n) is 11.0. The van der Waals surface area contributed by atoms with Gasteiger partial charge in [-0.3, -0.25) is 9.59 Å². The molecule has 1 saturated heterocycles. The van der Waals surface area contributed by atoms with Crippen LogP contribution in [0.2, 0.25) is 10.0 Å². The molecule has 4 N–H and O–H groups in total. The molecule has 1 aliphatic heterocycles. The summed E-state index contributed by atoms with van der Waals surface area (Å²) in [5, 5.41) is 18.1. The average Bonchev–Trinajstić information content (AvgIpc) is 2.87. The number of hydrogen-bond acceptors (Lipinski definition) is 4. The van der Waals surface area contributed by atoms with Crippen LogP contribution in [-0.2, 0) is 9.59 Å². The molecular formula is C13H15Cl2N3O3. The Morgan fingerprint density at radius 1 is 1.38 bits per heavy atom. The van der Waals surface area contributed by atoms with Crippen molar-refractivity contribution in [2.45, 2.75) is 18.6 Å². The van der Waals surface area contributed by atoms with E-state index in [1.54, 1.807) is 12.1 Å². The monoisotopic (exact) mass is 331 g/mol. The summed E-state index contributed by atoms with van der Waals surface area (Å²) in [5.74, 6) is -0.732. The molecular weight excluding hydrogens is 317 g/mol. The molecule has 2 rings (SSSR count). The number of carbonyl (C=O) groups excluding carboxylic acids is 2. The van der Waals surface area contributed by atoms with Gasteiger partial charge in [-0.25, -0.2) is 0 Å². The molecule has 2 unspecified atom stereocenters. The van der Waals surface area contributed by atoms with Gasteiger partial charge >= 0.3 is 0 Å². The van der Waals surface area contributed by atoms with Crippen LogP contribution in [0, 0.1) is 0 Å². The van der Waals surface area contributed by atoms with Crippen LogP contribution in [0.4, 0.5) is 5.69 Å². The summed E-state index contributed by atoms with van der Waals surface area (Å²) in [6.07, 6.45) is -0.187. The topological polar surface area (TPSA) is 90.5 Å². The number of nitrogens with one attached hydrogen (secondary N) is 3. The molecule has 0 saturated carbocycles. The maximum Gasteiger partial charge on any atom is 0.243 e. The van der Waals surface area contributed by atoms with Gasteiger partial charge in [0.2, 0.25) is 11.8 Å². The van der Waals surface area contributed by atoms with E-state index in [4.69, 9.17) is 23.2 Å². The summed E-state index contributed by atoms with van der Waals surface area (Å²) in [6.45, 7) is 0.193. The minimum absolute atomic E-state index is 0.185. The molecule has 0 bridgehead atoms. The van der Waals surface area contributed by atoms with Crippen LogP contribution >= 0.6 is 23.2 Å². The number of amides is 2. The summed E-state index contributed by atoms with van der Waals surface area (Å²) >= 11 is 11.7. The van der Waals surface area contributed by atoms with Crippen molar-refractivity contribution >= 4 is 40.7 Å². The highest BCUT2D eigenvalue weighted by atomic mass is 35.5. The van der Waals surface area contributed by atoms with Crippen LogP contribution < -0.4 is 16.0 Å². The normalized spacial score (nSPS) is 21.1. The van der Waals surface area contributed by atoms with Crippen LogP contribution in [0.15, 0.2) is 18.2 Å². The second kappa shape index (κ2) is 7.09. The van der Waals surface area contributed by atoms with Crippen molar-refractivity contribution in [3.8, 4) is 0 Å². The number of aliphatic hydroxyl groups excluding tert-OH is 1. The summed E-state index contributed by atoms with van der Waals surface area (Å²) < 4.78 is 0. The van der Waals surface area contributed by atoms with Gasteiger partial charge in [-0.2, -0.15) is 0 Å². The van der Waals surface area contributed by atoms with Gasteiger partial charge in [0.05, 0.1) is 29.4 Å². The van der Waals surface area contributed by atoms with E-state index in [2.05, 4.69) is 16.0 Å². The van der Waals surface area contributed by atoms with Gasteiger partial charge in [0.25, 0.3) is 0 Å². The third kappa shape index (κ3) is 4.57. The van der Waals surface area contributed by atoms with Crippen molar-refractivity contribution in [2.24, 2.45) is 0 Å².